The van der Waals surface area contributed by atoms with Gasteiger partial charge in [0.15, 0.2) is 0 Å². The Hall–Kier alpha value is -1.14. The molecule has 0 spiro atoms. The minimum Gasteiger partial charge on any atom is -0.378 e. The van der Waals surface area contributed by atoms with Crippen molar-refractivity contribution in [2.24, 2.45) is 0 Å². The van der Waals surface area contributed by atoms with Crippen molar-refractivity contribution in [3.8, 4) is 0 Å². The van der Waals surface area contributed by atoms with E-state index in [9.17, 15) is 9.59 Å². The molecular formula is C10H19N3O3. The Morgan fingerprint density at radius 1 is 1.38 bits per heavy atom. The number of morpholine rings is 1. The van der Waals surface area contributed by atoms with Crippen LogP contribution in [0.1, 0.15) is 6.92 Å². The Morgan fingerprint density at radius 3 is 2.56 bits per heavy atom. The summed E-state index contributed by atoms with van der Waals surface area (Å²) in [5.74, 6) is -0.103. The average molecular weight is 229 g/mol. The van der Waals surface area contributed by atoms with Crippen LogP contribution in [0.2, 0.25) is 0 Å². The summed E-state index contributed by atoms with van der Waals surface area (Å²) in [5, 5.41) is 5.41. The number of carbonyl (C=O) groups is 2. The zero-order valence-electron chi connectivity index (χ0n) is 9.78. The van der Waals surface area contributed by atoms with E-state index in [1.54, 1.807) is 18.9 Å². The highest BCUT2D eigenvalue weighted by Gasteiger charge is 2.18. The molecule has 2 amide bonds. The van der Waals surface area contributed by atoms with Crippen molar-refractivity contribution in [1.82, 2.24) is 15.5 Å². The molecule has 1 atom stereocenters. The van der Waals surface area contributed by atoms with Gasteiger partial charge in [0.2, 0.25) is 11.8 Å². The maximum absolute atomic E-state index is 11.7. The van der Waals surface area contributed by atoms with Crippen LogP contribution in [-0.4, -0.2) is 62.7 Å². The Bertz CT molecular complexity index is 252. The van der Waals surface area contributed by atoms with Gasteiger partial charge in [0.05, 0.1) is 25.8 Å². The molecule has 0 aromatic heterocycles. The summed E-state index contributed by atoms with van der Waals surface area (Å²) in [7, 11) is 1.57. The van der Waals surface area contributed by atoms with E-state index in [-0.39, 0.29) is 24.4 Å². The molecule has 1 unspecified atom stereocenters. The summed E-state index contributed by atoms with van der Waals surface area (Å²) in [4.78, 5) is 24.6. The van der Waals surface area contributed by atoms with Crippen LogP contribution in [0.25, 0.3) is 0 Å². The first-order chi connectivity index (χ1) is 7.65. The van der Waals surface area contributed by atoms with E-state index in [1.807, 2.05) is 0 Å². The molecule has 1 heterocycles. The topological polar surface area (TPSA) is 70.7 Å². The van der Waals surface area contributed by atoms with Gasteiger partial charge in [-0.05, 0) is 6.92 Å². The third-order valence-corrected chi connectivity index (χ3v) is 2.56. The molecule has 0 radical (unpaired) electrons. The lowest BCUT2D eigenvalue weighted by molar-refractivity contribution is -0.134. The molecule has 1 aliphatic rings. The minimum atomic E-state index is -0.352. The van der Waals surface area contributed by atoms with Crippen LogP contribution in [0.5, 0.6) is 0 Å². The molecule has 92 valence electrons. The summed E-state index contributed by atoms with van der Waals surface area (Å²) in [6.07, 6.45) is 0. The molecule has 1 rings (SSSR count). The summed E-state index contributed by atoms with van der Waals surface area (Å²) >= 11 is 0. The lowest BCUT2D eigenvalue weighted by Gasteiger charge is -2.27. The van der Waals surface area contributed by atoms with Gasteiger partial charge in [-0.25, -0.2) is 0 Å². The van der Waals surface area contributed by atoms with E-state index in [0.717, 1.165) is 0 Å². The van der Waals surface area contributed by atoms with Gasteiger partial charge in [-0.3, -0.25) is 14.9 Å². The Kier molecular flexibility index (Phi) is 5.21. The van der Waals surface area contributed by atoms with Gasteiger partial charge in [-0.1, -0.05) is 0 Å². The first kappa shape index (κ1) is 12.9. The number of nitrogens with zero attached hydrogens (tertiary/aromatic N) is 1. The van der Waals surface area contributed by atoms with Crippen molar-refractivity contribution in [2.45, 2.75) is 13.0 Å². The number of amides is 2. The van der Waals surface area contributed by atoms with Gasteiger partial charge in [0.1, 0.15) is 0 Å². The maximum Gasteiger partial charge on any atom is 0.236 e. The zero-order valence-corrected chi connectivity index (χ0v) is 9.78. The first-order valence-electron chi connectivity index (χ1n) is 5.45. The van der Waals surface area contributed by atoms with Gasteiger partial charge in [0.25, 0.3) is 0 Å². The molecule has 2 N–H and O–H groups in total. The van der Waals surface area contributed by atoms with Crippen molar-refractivity contribution in [1.29, 1.82) is 0 Å². The van der Waals surface area contributed by atoms with Crippen molar-refractivity contribution < 1.29 is 14.3 Å². The molecular weight excluding hydrogens is 210 g/mol. The molecule has 16 heavy (non-hydrogen) atoms. The van der Waals surface area contributed by atoms with Gasteiger partial charge < -0.3 is 15.0 Å². The van der Waals surface area contributed by atoms with Gasteiger partial charge >= 0.3 is 0 Å². The van der Waals surface area contributed by atoms with Crippen LogP contribution in [0.15, 0.2) is 0 Å². The zero-order chi connectivity index (χ0) is 12.0. The van der Waals surface area contributed by atoms with E-state index in [2.05, 4.69) is 10.6 Å². The second kappa shape index (κ2) is 6.44. The molecule has 6 nitrogen and oxygen atoms in total. The molecule has 1 fully saturated rings. The number of rotatable bonds is 4. The second-order valence-corrected chi connectivity index (χ2v) is 3.71. The smallest absolute Gasteiger partial charge is 0.236 e. The van der Waals surface area contributed by atoms with Crippen molar-refractivity contribution in [3.05, 3.63) is 0 Å². The lowest BCUT2D eigenvalue weighted by Crippen LogP contribution is -2.48. The summed E-state index contributed by atoms with van der Waals surface area (Å²) in [5.41, 5.74) is 0. The van der Waals surface area contributed by atoms with Crippen LogP contribution >= 0.6 is 0 Å². The second-order valence-electron chi connectivity index (χ2n) is 3.71. The molecule has 1 saturated heterocycles. The van der Waals surface area contributed by atoms with Crippen LogP contribution in [0.3, 0.4) is 0 Å². The van der Waals surface area contributed by atoms with E-state index in [1.165, 1.54) is 0 Å². The number of nitrogens with one attached hydrogen (secondary N) is 2. The van der Waals surface area contributed by atoms with E-state index >= 15 is 0 Å². The highest BCUT2D eigenvalue weighted by Crippen LogP contribution is 1.96. The van der Waals surface area contributed by atoms with Crippen LogP contribution in [0.4, 0.5) is 0 Å². The lowest BCUT2D eigenvalue weighted by atomic mass is 10.3. The molecule has 0 aromatic rings. The number of hydrogen-bond acceptors (Lipinski definition) is 4. The predicted molar refractivity (Wildman–Crippen MR) is 58.9 cm³/mol. The summed E-state index contributed by atoms with van der Waals surface area (Å²) in [6, 6.07) is -0.352. The fraction of sp³-hybridized carbons (Fsp3) is 0.800. The van der Waals surface area contributed by atoms with Crippen molar-refractivity contribution >= 4 is 11.8 Å². The Labute approximate surface area is 95.3 Å². The molecule has 6 heteroatoms. The number of ether oxygens (including phenoxy) is 1. The normalized spacial score (nSPS) is 18.0. The monoisotopic (exact) mass is 229 g/mol. The molecule has 0 bridgehead atoms. The maximum atomic E-state index is 11.7. The number of hydrogen-bond donors (Lipinski definition) is 2. The quantitative estimate of drug-likeness (QED) is 0.620. The van der Waals surface area contributed by atoms with Crippen LogP contribution in [0, 0.1) is 0 Å². The largest absolute Gasteiger partial charge is 0.378 e. The first-order valence-corrected chi connectivity index (χ1v) is 5.45. The van der Waals surface area contributed by atoms with Crippen LogP contribution < -0.4 is 10.6 Å². The average Bonchev–Trinajstić information content (AvgIpc) is 2.35. The summed E-state index contributed by atoms with van der Waals surface area (Å²) in [6.45, 7) is 4.37. The van der Waals surface area contributed by atoms with E-state index < -0.39 is 0 Å². The highest BCUT2D eigenvalue weighted by molar-refractivity contribution is 5.83. The standard InChI is InChI=1S/C10H19N3O3/c1-8(10(15)11-2)12-7-9(14)13-3-5-16-6-4-13/h8,12H,3-7H2,1-2H3,(H,11,15). The van der Waals surface area contributed by atoms with E-state index in [0.29, 0.717) is 26.3 Å². The molecule has 0 saturated carbocycles. The fourth-order valence-electron chi connectivity index (χ4n) is 1.47. The predicted octanol–water partition coefficient (Wildman–Crippen LogP) is -1.43. The van der Waals surface area contributed by atoms with Crippen LogP contribution in [-0.2, 0) is 14.3 Å². The molecule has 0 aliphatic carbocycles. The number of likely N-dealkylation sites (N-methyl/N-ethyl adjacent to an activating group) is 1. The Morgan fingerprint density at radius 2 is 2.00 bits per heavy atom. The number of carbonyl (C=O) groups excluding carboxylic acids is 2. The van der Waals surface area contributed by atoms with Gasteiger partial charge in [-0.2, -0.15) is 0 Å². The van der Waals surface area contributed by atoms with Crippen molar-refractivity contribution in [2.75, 3.05) is 39.9 Å². The Balaban J connectivity index is 2.26. The summed E-state index contributed by atoms with van der Waals surface area (Å²) < 4.78 is 5.15. The third kappa shape index (κ3) is 3.79. The minimum absolute atomic E-state index is 0.0130. The van der Waals surface area contributed by atoms with Gasteiger partial charge in [0, 0.05) is 20.1 Å². The third-order valence-electron chi connectivity index (χ3n) is 2.56. The van der Waals surface area contributed by atoms with E-state index in [4.69, 9.17) is 4.74 Å². The van der Waals surface area contributed by atoms with Crippen molar-refractivity contribution in [3.63, 3.8) is 0 Å². The SMILES string of the molecule is CNC(=O)C(C)NCC(=O)N1CCOCC1. The van der Waals surface area contributed by atoms with Gasteiger partial charge in [-0.15, -0.1) is 0 Å². The molecule has 1 aliphatic heterocycles. The highest BCUT2D eigenvalue weighted by atomic mass is 16.5. The molecule has 0 aromatic carbocycles. The fourth-order valence-corrected chi connectivity index (χ4v) is 1.47.